The minimum Gasteiger partial charge on any atom is -0.349 e. The average Bonchev–Trinajstić information content (AvgIpc) is 2.81. The molecule has 1 amide bonds. The zero-order chi connectivity index (χ0) is 14.8. The fourth-order valence-electron chi connectivity index (χ4n) is 2.18. The van der Waals surface area contributed by atoms with Gasteiger partial charge in [-0.2, -0.15) is 5.10 Å². The van der Waals surface area contributed by atoms with E-state index in [2.05, 4.69) is 47.1 Å². The highest BCUT2D eigenvalue weighted by Crippen LogP contribution is 2.23. The van der Waals surface area contributed by atoms with Crippen molar-refractivity contribution >= 4 is 27.4 Å². The van der Waals surface area contributed by atoms with Crippen molar-refractivity contribution in [3.63, 3.8) is 0 Å². The number of rotatable bonds is 4. The van der Waals surface area contributed by atoms with E-state index in [1.165, 1.54) is 0 Å². The van der Waals surface area contributed by atoms with Gasteiger partial charge in [-0.25, -0.2) is 4.52 Å². The van der Waals surface area contributed by atoms with Gasteiger partial charge in [0.25, 0.3) is 5.91 Å². The number of amides is 1. The summed E-state index contributed by atoms with van der Waals surface area (Å²) >= 11 is 3.45. The van der Waals surface area contributed by atoms with Crippen molar-refractivity contribution in [1.29, 1.82) is 0 Å². The highest BCUT2D eigenvalue weighted by atomic mass is 79.9. The molecule has 2 aromatic rings. The summed E-state index contributed by atoms with van der Waals surface area (Å²) in [5.74, 6) is -0.0629. The summed E-state index contributed by atoms with van der Waals surface area (Å²) in [7, 11) is 0. The molecular formula is C15H20BrN3O. The molecule has 0 aliphatic heterocycles. The molecule has 0 aliphatic carbocycles. The first-order chi connectivity index (χ1) is 9.43. The van der Waals surface area contributed by atoms with E-state index in [0.29, 0.717) is 5.56 Å². The summed E-state index contributed by atoms with van der Waals surface area (Å²) in [6.07, 6.45) is 4.36. The molecule has 2 heterocycles. The second kappa shape index (κ2) is 5.95. The van der Waals surface area contributed by atoms with Crippen molar-refractivity contribution in [2.24, 2.45) is 5.41 Å². The summed E-state index contributed by atoms with van der Waals surface area (Å²) in [6.45, 7) is 6.41. The summed E-state index contributed by atoms with van der Waals surface area (Å²) in [6, 6.07) is 5.82. The lowest BCUT2D eigenvalue weighted by Gasteiger charge is -2.31. The smallest absolute Gasteiger partial charge is 0.255 e. The number of pyridine rings is 1. The molecule has 0 radical (unpaired) electrons. The van der Waals surface area contributed by atoms with Crippen LogP contribution in [0.15, 0.2) is 30.6 Å². The van der Waals surface area contributed by atoms with E-state index in [4.69, 9.17) is 0 Å². The molecule has 1 N–H and O–H groups in total. The number of fused-ring (bicyclic) bond motifs is 1. The Kier molecular flexibility index (Phi) is 4.48. The van der Waals surface area contributed by atoms with Crippen molar-refractivity contribution in [3.05, 3.63) is 36.2 Å². The van der Waals surface area contributed by atoms with Crippen molar-refractivity contribution in [3.8, 4) is 0 Å². The first-order valence-corrected chi connectivity index (χ1v) is 7.85. The summed E-state index contributed by atoms with van der Waals surface area (Å²) < 4.78 is 1.71. The van der Waals surface area contributed by atoms with Gasteiger partial charge in [0.2, 0.25) is 0 Å². The maximum absolute atomic E-state index is 12.5. The molecule has 2 rings (SSSR count). The van der Waals surface area contributed by atoms with Gasteiger partial charge in [0.1, 0.15) is 0 Å². The molecule has 20 heavy (non-hydrogen) atoms. The monoisotopic (exact) mass is 337 g/mol. The van der Waals surface area contributed by atoms with Gasteiger partial charge in [-0.05, 0) is 24.0 Å². The van der Waals surface area contributed by atoms with Crippen LogP contribution in [0.25, 0.3) is 5.52 Å². The van der Waals surface area contributed by atoms with E-state index >= 15 is 0 Å². The Morgan fingerprint density at radius 3 is 2.85 bits per heavy atom. The number of hydrogen-bond donors (Lipinski definition) is 1. The SMILES string of the molecule is CC(C)(C)C(CCBr)NC(=O)c1cnn2ccccc12. The molecule has 4 nitrogen and oxygen atoms in total. The van der Waals surface area contributed by atoms with Gasteiger partial charge in [-0.15, -0.1) is 0 Å². The first-order valence-electron chi connectivity index (χ1n) is 6.72. The zero-order valence-corrected chi connectivity index (χ0v) is 13.6. The fraction of sp³-hybridized carbons (Fsp3) is 0.467. The van der Waals surface area contributed by atoms with Gasteiger partial charge in [0.05, 0.1) is 17.3 Å². The maximum Gasteiger partial charge on any atom is 0.255 e. The van der Waals surface area contributed by atoms with Crippen LogP contribution in [0, 0.1) is 5.41 Å². The molecule has 0 saturated carbocycles. The van der Waals surface area contributed by atoms with Crippen molar-refractivity contribution in [2.75, 3.05) is 5.33 Å². The molecule has 0 saturated heterocycles. The topological polar surface area (TPSA) is 46.4 Å². The Hall–Kier alpha value is -1.36. The maximum atomic E-state index is 12.5. The molecule has 0 fully saturated rings. The zero-order valence-electron chi connectivity index (χ0n) is 12.1. The quantitative estimate of drug-likeness (QED) is 0.870. The number of alkyl halides is 1. The van der Waals surface area contributed by atoms with Crippen molar-refractivity contribution in [1.82, 2.24) is 14.9 Å². The van der Waals surface area contributed by atoms with Gasteiger partial charge >= 0.3 is 0 Å². The minimum absolute atomic E-state index is 0.0202. The number of halogens is 1. The molecule has 0 spiro atoms. The second-order valence-corrected chi connectivity index (χ2v) is 6.75. The van der Waals surface area contributed by atoms with Crippen LogP contribution in [0.4, 0.5) is 0 Å². The molecule has 1 unspecified atom stereocenters. The Morgan fingerprint density at radius 1 is 1.45 bits per heavy atom. The van der Waals surface area contributed by atoms with Crippen LogP contribution >= 0.6 is 15.9 Å². The Bertz CT molecular complexity index is 600. The minimum atomic E-state index is -0.0629. The normalized spacial score (nSPS) is 13.4. The van der Waals surface area contributed by atoms with Crippen LogP contribution in [0.1, 0.15) is 37.6 Å². The van der Waals surface area contributed by atoms with Crippen LogP contribution in [0.2, 0.25) is 0 Å². The predicted octanol–water partition coefficient (Wildman–Crippen LogP) is 3.26. The van der Waals surface area contributed by atoms with E-state index in [1.807, 2.05) is 24.4 Å². The van der Waals surface area contributed by atoms with Crippen LogP contribution < -0.4 is 5.32 Å². The number of nitrogens with zero attached hydrogens (tertiary/aromatic N) is 2. The molecule has 0 aromatic carbocycles. The predicted molar refractivity (Wildman–Crippen MR) is 84.3 cm³/mol. The van der Waals surface area contributed by atoms with Crippen molar-refractivity contribution in [2.45, 2.75) is 33.2 Å². The summed E-state index contributed by atoms with van der Waals surface area (Å²) in [4.78, 5) is 12.5. The van der Waals surface area contributed by atoms with E-state index in [-0.39, 0.29) is 17.4 Å². The number of nitrogens with one attached hydrogen (secondary N) is 1. The number of hydrogen-bond acceptors (Lipinski definition) is 2. The molecular weight excluding hydrogens is 318 g/mol. The lowest BCUT2D eigenvalue weighted by atomic mass is 9.85. The Morgan fingerprint density at radius 2 is 2.20 bits per heavy atom. The third-order valence-electron chi connectivity index (χ3n) is 3.42. The summed E-state index contributed by atoms with van der Waals surface area (Å²) in [5.41, 5.74) is 1.47. The molecule has 0 bridgehead atoms. The van der Waals surface area contributed by atoms with Crippen LogP contribution in [-0.4, -0.2) is 26.9 Å². The lowest BCUT2D eigenvalue weighted by molar-refractivity contribution is 0.0902. The number of carbonyl (C=O) groups is 1. The Balaban J connectivity index is 2.23. The fourth-order valence-corrected chi connectivity index (χ4v) is 2.63. The highest BCUT2D eigenvalue weighted by Gasteiger charge is 2.26. The largest absolute Gasteiger partial charge is 0.349 e. The van der Waals surface area contributed by atoms with Crippen LogP contribution in [-0.2, 0) is 0 Å². The lowest BCUT2D eigenvalue weighted by Crippen LogP contribution is -2.44. The molecule has 5 heteroatoms. The van der Waals surface area contributed by atoms with Gasteiger partial charge in [0, 0.05) is 17.6 Å². The van der Waals surface area contributed by atoms with Gasteiger partial charge in [-0.3, -0.25) is 4.79 Å². The second-order valence-electron chi connectivity index (χ2n) is 5.96. The number of carbonyl (C=O) groups excluding carboxylic acids is 1. The molecule has 2 aromatic heterocycles. The van der Waals surface area contributed by atoms with Crippen LogP contribution in [0.5, 0.6) is 0 Å². The van der Waals surface area contributed by atoms with E-state index in [0.717, 1.165) is 17.3 Å². The highest BCUT2D eigenvalue weighted by molar-refractivity contribution is 9.09. The van der Waals surface area contributed by atoms with Gasteiger partial charge < -0.3 is 5.32 Å². The van der Waals surface area contributed by atoms with Gasteiger partial charge in [0.15, 0.2) is 0 Å². The Labute approximate surface area is 127 Å². The third kappa shape index (κ3) is 3.20. The number of aromatic nitrogens is 2. The van der Waals surface area contributed by atoms with E-state index in [9.17, 15) is 4.79 Å². The van der Waals surface area contributed by atoms with Crippen molar-refractivity contribution < 1.29 is 4.79 Å². The van der Waals surface area contributed by atoms with E-state index in [1.54, 1.807) is 10.7 Å². The summed E-state index contributed by atoms with van der Waals surface area (Å²) in [5, 5.41) is 8.20. The standard InChI is InChI=1S/C15H20BrN3O/c1-15(2,3)13(7-8-16)18-14(20)11-10-17-19-9-5-4-6-12(11)19/h4-6,9-10,13H,7-8H2,1-3H3,(H,18,20). The molecule has 108 valence electrons. The molecule has 0 aliphatic rings. The van der Waals surface area contributed by atoms with Crippen LogP contribution in [0.3, 0.4) is 0 Å². The van der Waals surface area contributed by atoms with Gasteiger partial charge in [-0.1, -0.05) is 42.8 Å². The molecule has 1 atom stereocenters. The average molecular weight is 338 g/mol. The third-order valence-corrected chi connectivity index (χ3v) is 3.88. The first kappa shape index (κ1) is 15.0. The van der Waals surface area contributed by atoms with E-state index < -0.39 is 0 Å².